The quantitative estimate of drug-likeness (QED) is 0.506. The second kappa shape index (κ2) is 8.39. The van der Waals surface area contributed by atoms with Gasteiger partial charge in [0.05, 0.1) is 10.8 Å². The van der Waals surface area contributed by atoms with Gasteiger partial charge in [-0.2, -0.15) is 0 Å². The van der Waals surface area contributed by atoms with E-state index in [9.17, 15) is 14.4 Å². The van der Waals surface area contributed by atoms with E-state index in [1.54, 1.807) is 48.8 Å². The molecule has 0 bridgehead atoms. The molecule has 0 aliphatic carbocycles. The van der Waals surface area contributed by atoms with Gasteiger partial charge in [-0.15, -0.1) is 0 Å². The molecule has 4 aromatic rings. The number of pyridine rings is 2. The first-order chi connectivity index (χ1) is 14.6. The third kappa shape index (κ3) is 4.09. The van der Waals surface area contributed by atoms with Gasteiger partial charge in [-0.25, -0.2) is 9.67 Å². The number of anilines is 1. The largest absolute Gasteiger partial charge is 0.485 e. The van der Waals surface area contributed by atoms with Gasteiger partial charge in [0.15, 0.2) is 11.6 Å². The van der Waals surface area contributed by atoms with Crippen LogP contribution in [0.15, 0.2) is 76.7 Å². The number of benzene rings is 1. The Morgan fingerprint density at radius 3 is 2.57 bits per heavy atom. The summed E-state index contributed by atoms with van der Waals surface area (Å²) in [5.41, 5.74) is -0.000776. The number of nitrogens with one attached hydrogen (secondary N) is 2. The van der Waals surface area contributed by atoms with Crippen molar-refractivity contribution in [2.45, 2.75) is 13.2 Å². The summed E-state index contributed by atoms with van der Waals surface area (Å²) >= 11 is 0. The lowest BCUT2D eigenvalue weighted by molar-refractivity contribution is -0.117. The van der Waals surface area contributed by atoms with Crippen LogP contribution in [0.3, 0.4) is 0 Å². The predicted octanol–water partition coefficient (Wildman–Crippen LogP) is 1.70. The van der Waals surface area contributed by atoms with E-state index in [0.717, 1.165) is 10.2 Å². The Bertz CT molecular complexity index is 1310. The Hall–Kier alpha value is -4.27. The zero-order valence-electron chi connectivity index (χ0n) is 15.7. The molecule has 3 aromatic heterocycles. The van der Waals surface area contributed by atoms with Crippen LogP contribution in [0.5, 0.6) is 5.75 Å². The summed E-state index contributed by atoms with van der Waals surface area (Å²) in [4.78, 5) is 45.3. The summed E-state index contributed by atoms with van der Waals surface area (Å²) < 4.78 is 6.72. The van der Waals surface area contributed by atoms with E-state index in [2.05, 4.69) is 20.4 Å². The fourth-order valence-electron chi connectivity index (χ4n) is 2.91. The van der Waals surface area contributed by atoms with Crippen LogP contribution >= 0.6 is 0 Å². The maximum atomic E-state index is 12.6. The molecule has 0 spiro atoms. The van der Waals surface area contributed by atoms with E-state index in [1.807, 2.05) is 12.1 Å². The third-order valence-electron chi connectivity index (χ3n) is 4.36. The zero-order chi connectivity index (χ0) is 20.9. The molecule has 0 aliphatic heterocycles. The van der Waals surface area contributed by atoms with Gasteiger partial charge in [0.1, 0.15) is 13.2 Å². The highest BCUT2D eigenvalue weighted by molar-refractivity contribution is 5.91. The van der Waals surface area contributed by atoms with E-state index >= 15 is 0 Å². The van der Waals surface area contributed by atoms with Gasteiger partial charge in [0.2, 0.25) is 5.91 Å². The lowest BCUT2D eigenvalue weighted by Crippen LogP contribution is -2.34. The van der Waals surface area contributed by atoms with Crippen molar-refractivity contribution in [3.8, 4) is 5.75 Å². The Labute approximate surface area is 170 Å². The summed E-state index contributed by atoms with van der Waals surface area (Å²) in [6.45, 7) is -0.103. The molecule has 0 fully saturated rings. The van der Waals surface area contributed by atoms with Crippen molar-refractivity contribution in [3.63, 3.8) is 0 Å². The van der Waals surface area contributed by atoms with Crippen molar-refractivity contribution in [2.24, 2.45) is 0 Å². The molecule has 30 heavy (non-hydrogen) atoms. The third-order valence-corrected chi connectivity index (χ3v) is 4.36. The van der Waals surface area contributed by atoms with Crippen LogP contribution in [-0.4, -0.2) is 25.7 Å². The maximum Gasteiger partial charge on any atom is 0.273 e. The lowest BCUT2D eigenvalue weighted by Gasteiger charge is -2.12. The SMILES string of the molecule is O=C(Cn1[nH]c(=O)c2ccccc2c1=O)Nc1ncccc1OCc1ccncc1. The summed E-state index contributed by atoms with van der Waals surface area (Å²) in [6, 6.07) is 13.4. The number of fused-ring (bicyclic) bond motifs is 1. The molecule has 0 aliphatic rings. The molecule has 0 atom stereocenters. The number of hydrogen-bond acceptors (Lipinski definition) is 6. The second-order valence-electron chi connectivity index (χ2n) is 6.42. The van der Waals surface area contributed by atoms with Gasteiger partial charge in [-0.05, 0) is 42.0 Å². The molecule has 0 radical (unpaired) electrons. The smallest absolute Gasteiger partial charge is 0.273 e. The topological polar surface area (TPSA) is 119 Å². The monoisotopic (exact) mass is 403 g/mol. The average molecular weight is 403 g/mol. The Morgan fingerprint density at radius 2 is 1.77 bits per heavy atom. The molecule has 9 nitrogen and oxygen atoms in total. The van der Waals surface area contributed by atoms with Crippen LogP contribution in [0.4, 0.5) is 5.82 Å². The molecule has 9 heteroatoms. The minimum absolute atomic E-state index is 0.216. The number of hydrogen-bond donors (Lipinski definition) is 2. The summed E-state index contributed by atoms with van der Waals surface area (Å²) in [6.07, 6.45) is 4.83. The van der Waals surface area contributed by atoms with Crippen LogP contribution in [0, 0.1) is 0 Å². The molecule has 150 valence electrons. The van der Waals surface area contributed by atoms with E-state index in [1.165, 1.54) is 6.20 Å². The number of aromatic amines is 1. The number of H-pyrrole nitrogens is 1. The highest BCUT2D eigenvalue weighted by atomic mass is 16.5. The number of ether oxygens (including phenoxy) is 1. The number of amides is 1. The van der Waals surface area contributed by atoms with Crippen molar-refractivity contribution in [2.75, 3.05) is 5.32 Å². The highest BCUT2D eigenvalue weighted by Crippen LogP contribution is 2.22. The predicted molar refractivity (Wildman–Crippen MR) is 110 cm³/mol. The minimum Gasteiger partial charge on any atom is -0.485 e. The summed E-state index contributed by atoms with van der Waals surface area (Å²) in [5.74, 6) is 0.0604. The molecule has 2 N–H and O–H groups in total. The summed E-state index contributed by atoms with van der Waals surface area (Å²) in [7, 11) is 0. The van der Waals surface area contributed by atoms with Crippen molar-refractivity contribution in [3.05, 3.63) is 93.4 Å². The Morgan fingerprint density at radius 1 is 1.00 bits per heavy atom. The van der Waals surface area contributed by atoms with Gasteiger partial charge >= 0.3 is 0 Å². The molecular formula is C21H17N5O4. The molecule has 4 rings (SSSR count). The van der Waals surface area contributed by atoms with E-state index in [-0.39, 0.29) is 29.7 Å². The van der Waals surface area contributed by atoms with Crippen LogP contribution in [0.1, 0.15) is 5.56 Å². The van der Waals surface area contributed by atoms with Crippen molar-refractivity contribution in [1.82, 2.24) is 19.7 Å². The molecule has 3 heterocycles. The molecule has 1 amide bonds. The van der Waals surface area contributed by atoms with Gasteiger partial charge in [-0.3, -0.25) is 24.5 Å². The fourth-order valence-corrected chi connectivity index (χ4v) is 2.91. The van der Waals surface area contributed by atoms with Crippen molar-refractivity contribution < 1.29 is 9.53 Å². The van der Waals surface area contributed by atoms with Gasteiger partial charge in [0.25, 0.3) is 11.1 Å². The van der Waals surface area contributed by atoms with Crippen LogP contribution < -0.4 is 21.2 Å². The van der Waals surface area contributed by atoms with Crippen LogP contribution in [-0.2, 0) is 17.9 Å². The Balaban J connectivity index is 1.51. The fraction of sp³-hybridized carbons (Fsp3) is 0.0952. The van der Waals surface area contributed by atoms with Crippen molar-refractivity contribution in [1.29, 1.82) is 0 Å². The van der Waals surface area contributed by atoms with Crippen molar-refractivity contribution >= 4 is 22.5 Å². The number of carbonyl (C=O) groups is 1. The van der Waals surface area contributed by atoms with E-state index in [0.29, 0.717) is 5.75 Å². The zero-order valence-corrected chi connectivity index (χ0v) is 15.7. The van der Waals surface area contributed by atoms with Crippen LogP contribution in [0.2, 0.25) is 0 Å². The van der Waals surface area contributed by atoms with E-state index in [4.69, 9.17) is 4.74 Å². The number of carbonyl (C=O) groups excluding carboxylic acids is 1. The lowest BCUT2D eigenvalue weighted by atomic mass is 10.2. The summed E-state index contributed by atoms with van der Waals surface area (Å²) in [5, 5.41) is 5.57. The molecule has 0 saturated carbocycles. The average Bonchev–Trinajstić information content (AvgIpc) is 2.77. The van der Waals surface area contributed by atoms with Gasteiger partial charge in [-0.1, -0.05) is 12.1 Å². The first-order valence-corrected chi connectivity index (χ1v) is 9.10. The maximum absolute atomic E-state index is 12.6. The van der Waals surface area contributed by atoms with Crippen LogP contribution in [0.25, 0.3) is 10.8 Å². The normalized spacial score (nSPS) is 10.7. The second-order valence-corrected chi connectivity index (χ2v) is 6.42. The number of aromatic nitrogens is 4. The molecule has 1 aromatic carbocycles. The first-order valence-electron chi connectivity index (χ1n) is 9.10. The minimum atomic E-state index is -0.532. The van der Waals surface area contributed by atoms with E-state index < -0.39 is 17.0 Å². The standard InChI is InChI=1S/C21H17N5O4/c27-18(12-26-21(29)16-5-2-1-4-15(16)20(28)25-26)24-19-17(6-3-9-23-19)30-13-14-7-10-22-11-8-14/h1-11H,12-13H2,(H,25,28)(H,23,24,27). The number of nitrogens with zero attached hydrogens (tertiary/aromatic N) is 3. The van der Waals surface area contributed by atoms with Gasteiger partial charge < -0.3 is 10.1 Å². The number of rotatable bonds is 6. The van der Waals surface area contributed by atoms with Gasteiger partial charge in [0, 0.05) is 18.6 Å². The Kier molecular flexibility index (Phi) is 5.33. The molecule has 0 saturated heterocycles. The first kappa shape index (κ1) is 19.1. The molecule has 0 unspecified atom stereocenters. The highest BCUT2D eigenvalue weighted by Gasteiger charge is 2.13. The molecular weight excluding hydrogens is 386 g/mol.